The van der Waals surface area contributed by atoms with Crippen molar-refractivity contribution in [2.24, 2.45) is 0 Å². The molecule has 0 atom stereocenters. The van der Waals surface area contributed by atoms with E-state index in [1.54, 1.807) is 12.1 Å². The van der Waals surface area contributed by atoms with Gasteiger partial charge < -0.3 is 14.5 Å². The standard InChI is InChI=1S/C13H12BrNO3/c14-10-3-1-4-11(9-10)17-8-6-15-13(16)12-5-2-7-18-12/h1-5,7,9H,6,8H2,(H,15,16). The summed E-state index contributed by atoms with van der Waals surface area (Å²) >= 11 is 3.36. The Bertz CT molecular complexity index is 511. The monoisotopic (exact) mass is 309 g/mol. The molecule has 0 bridgehead atoms. The van der Waals surface area contributed by atoms with E-state index in [1.807, 2.05) is 24.3 Å². The molecule has 0 saturated heterocycles. The molecule has 1 aromatic heterocycles. The molecule has 0 fully saturated rings. The molecular formula is C13H12BrNO3. The van der Waals surface area contributed by atoms with Crippen LogP contribution in [0.5, 0.6) is 5.75 Å². The van der Waals surface area contributed by atoms with E-state index in [0.29, 0.717) is 18.9 Å². The van der Waals surface area contributed by atoms with Crippen molar-refractivity contribution in [3.8, 4) is 5.75 Å². The Hall–Kier alpha value is -1.75. The third-order valence-corrected chi connectivity index (χ3v) is 2.69. The first-order valence-electron chi connectivity index (χ1n) is 5.46. The first kappa shape index (κ1) is 12.7. The molecule has 0 aliphatic rings. The molecule has 4 nitrogen and oxygen atoms in total. The van der Waals surface area contributed by atoms with Crippen LogP contribution in [-0.2, 0) is 0 Å². The van der Waals surface area contributed by atoms with E-state index >= 15 is 0 Å². The van der Waals surface area contributed by atoms with Crippen molar-refractivity contribution in [1.29, 1.82) is 0 Å². The van der Waals surface area contributed by atoms with Gasteiger partial charge in [-0.05, 0) is 30.3 Å². The van der Waals surface area contributed by atoms with E-state index in [2.05, 4.69) is 21.2 Å². The SMILES string of the molecule is O=C(NCCOc1cccc(Br)c1)c1ccco1. The van der Waals surface area contributed by atoms with Gasteiger partial charge in [-0.3, -0.25) is 4.79 Å². The summed E-state index contributed by atoms with van der Waals surface area (Å²) < 4.78 is 11.4. The summed E-state index contributed by atoms with van der Waals surface area (Å²) in [6.07, 6.45) is 1.47. The lowest BCUT2D eigenvalue weighted by molar-refractivity contribution is 0.0919. The minimum absolute atomic E-state index is 0.238. The third-order valence-electron chi connectivity index (χ3n) is 2.20. The molecule has 1 N–H and O–H groups in total. The van der Waals surface area contributed by atoms with Gasteiger partial charge in [0.25, 0.3) is 5.91 Å². The molecule has 1 heterocycles. The number of amides is 1. The van der Waals surface area contributed by atoms with Gasteiger partial charge in [0.2, 0.25) is 0 Å². The Balaban J connectivity index is 1.72. The molecule has 2 aromatic rings. The summed E-state index contributed by atoms with van der Waals surface area (Å²) in [5, 5.41) is 2.70. The van der Waals surface area contributed by atoms with Gasteiger partial charge in [-0.15, -0.1) is 0 Å². The Morgan fingerprint density at radius 1 is 1.33 bits per heavy atom. The minimum Gasteiger partial charge on any atom is -0.492 e. The van der Waals surface area contributed by atoms with E-state index in [-0.39, 0.29) is 5.91 Å². The number of furan rings is 1. The normalized spacial score (nSPS) is 10.1. The number of hydrogen-bond acceptors (Lipinski definition) is 3. The highest BCUT2D eigenvalue weighted by Crippen LogP contribution is 2.17. The molecule has 0 aliphatic heterocycles. The van der Waals surface area contributed by atoms with Crippen LogP contribution in [-0.4, -0.2) is 19.1 Å². The highest BCUT2D eigenvalue weighted by atomic mass is 79.9. The highest BCUT2D eigenvalue weighted by molar-refractivity contribution is 9.10. The zero-order valence-corrected chi connectivity index (χ0v) is 11.1. The maximum absolute atomic E-state index is 11.5. The minimum atomic E-state index is -0.238. The van der Waals surface area contributed by atoms with Crippen LogP contribution in [0.1, 0.15) is 10.6 Å². The molecule has 2 rings (SSSR count). The maximum Gasteiger partial charge on any atom is 0.287 e. The number of ether oxygens (including phenoxy) is 1. The summed E-state index contributed by atoms with van der Waals surface area (Å²) in [5.74, 6) is 0.826. The van der Waals surface area contributed by atoms with Gasteiger partial charge in [0.15, 0.2) is 5.76 Å². The molecule has 0 spiro atoms. The molecule has 5 heteroatoms. The number of carbonyl (C=O) groups is 1. The van der Waals surface area contributed by atoms with Gasteiger partial charge >= 0.3 is 0 Å². The molecule has 1 amide bonds. The van der Waals surface area contributed by atoms with Crippen molar-refractivity contribution >= 4 is 21.8 Å². The van der Waals surface area contributed by atoms with Gasteiger partial charge in [0, 0.05) is 4.47 Å². The van der Waals surface area contributed by atoms with Crippen LogP contribution in [0.2, 0.25) is 0 Å². The highest BCUT2D eigenvalue weighted by Gasteiger charge is 2.06. The lowest BCUT2D eigenvalue weighted by Gasteiger charge is -2.07. The first-order chi connectivity index (χ1) is 8.75. The average Bonchev–Trinajstić information content (AvgIpc) is 2.88. The van der Waals surface area contributed by atoms with E-state index in [4.69, 9.17) is 9.15 Å². The summed E-state index contributed by atoms with van der Waals surface area (Å²) in [6, 6.07) is 10.8. The zero-order chi connectivity index (χ0) is 12.8. The Morgan fingerprint density at radius 3 is 2.94 bits per heavy atom. The van der Waals surface area contributed by atoms with Crippen molar-refractivity contribution in [2.75, 3.05) is 13.2 Å². The Morgan fingerprint density at radius 2 is 2.22 bits per heavy atom. The summed E-state index contributed by atoms with van der Waals surface area (Å²) in [4.78, 5) is 11.5. The topological polar surface area (TPSA) is 51.5 Å². The van der Waals surface area contributed by atoms with Crippen molar-refractivity contribution in [1.82, 2.24) is 5.32 Å². The smallest absolute Gasteiger partial charge is 0.287 e. The van der Waals surface area contributed by atoms with Crippen LogP contribution in [0.25, 0.3) is 0 Å². The molecule has 1 aromatic carbocycles. The molecule has 0 radical (unpaired) electrons. The number of carbonyl (C=O) groups excluding carboxylic acids is 1. The van der Waals surface area contributed by atoms with Crippen LogP contribution < -0.4 is 10.1 Å². The van der Waals surface area contributed by atoms with Crippen molar-refractivity contribution in [3.63, 3.8) is 0 Å². The number of hydrogen-bond donors (Lipinski definition) is 1. The number of halogens is 1. The fraction of sp³-hybridized carbons (Fsp3) is 0.154. The fourth-order valence-corrected chi connectivity index (χ4v) is 1.76. The second-order valence-corrected chi connectivity index (χ2v) is 4.45. The number of benzene rings is 1. The predicted molar refractivity (Wildman–Crippen MR) is 70.7 cm³/mol. The number of rotatable bonds is 5. The van der Waals surface area contributed by atoms with Crippen molar-refractivity contribution < 1.29 is 13.9 Å². The summed E-state index contributed by atoms with van der Waals surface area (Å²) in [6.45, 7) is 0.828. The molecule has 18 heavy (non-hydrogen) atoms. The zero-order valence-electron chi connectivity index (χ0n) is 9.56. The van der Waals surface area contributed by atoms with Crippen LogP contribution in [0.4, 0.5) is 0 Å². The van der Waals surface area contributed by atoms with Gasteiger partial charge in [-0.25, -0.2) is 0 Å². The van der Waals surface area contributed by atoms with Crippen LogP contribution in [0.3, 0.4) is 0 Å². The molecule has 0 aliphatic carbocycles. The Labute approximate surface area is 113 Å². The molecule has 94 valence electrons. The van der Waals surface area contributed by atoms with Gasteiger partial charge in [0.05, 0.1) is 12.8 Å². The van der Waals surface area contributed by atoms with Gasteiger partial charge in [0.1, 0.15) is 12.4 Å². The van der Waals surface area contributed by atoms with E-state index in [0.717, 1.165) is 10.2 Å². The van der Waals surface area contributed by atoms with Gasteiger partial charge in [-0.2, -0.15) is 0 Å². The molecule has 0 unspecified atom stereocenters. The lowest BCUT2D eigenvalue weighted by atomic mass is 10.3. The molecule has 0 saturated carbocycles. The second kappa shape index (κ2) is 6.26. The largest absolute Gasteiger partial charge is 0.492 e. The van der Waals surface area contributed by atoms with E-state index in [1.165, 1.54) is 6.26 Å². The number of nitrogens with one attached hydrogen (secondary N) is 1. The van der Waals surface area contributed by atoms with Crippen LogP contribution >= 0.6 is 15.9 Å². The maximum atomic E-state index is 11.5. The molecular weight excluding hydrogens is 298 g/mol. The van der Waals surface area contributed by atoms with Crippen molar-refractivity contribution in [3.05, 3.63) is 52.9 Å². The van der Waals surface area contributed by atoms with E-state index < -0.39 is 0 Å². The predicted octanol–water partition coefficient (Wildman–Crippen LogP) is 2.85. The Kier molecular flexibility index (Phi) is 4.41. The van der Waals surface area contributed by atoms with Crippen molar-refractivity contribution in [2.45, 2.75) is 0 Å². The average molecular weight is 310 g/mol. The quantitative estimate of drug-likeness (QED) is 0.864. The van der Waals surface area contributed by atoms with Gasteiger partial charge in [-0.1, -0.05) is 22.0 Å². The lowest BCUT2D eigenvalue weighted by Crippen LogP contribution is -2.27. The third kappa shape index (κ3) is 3.63. The second-order valence-electron chi connectivity index (χ2n) is 3.54. The van der Waals surface area contributed by atoms with Crippen LogP contribution in [0.15, 0.2) is 51.6 Å². The summed E-state index contributed by atoms with van der Waals surface area (Å²) in [7, 11) is 0. The first-order valence-corrected chi connectivity index (χ1v) is 6.25. The van der Waals surface area contributed by atoms with E-state index in [9.17, 15) is 4.79 Å². The van der Waals surface area contributed by atoms with Crippen LogP contribution in [0, 0.1) is 0 Å². The fourth-order valence-electron chi connectivity index (χ4n) is 1.39. The summed E-state index contributed by atoms with van der Waals surface area (Å²) in [5.41, 5.74) is 0.